The lowest BCUT2D eigenvalue weighted by Crippen LogP contribution is -1.96. The van der Waals surface area contributed by atoms with E-state index in [1.165, 1.54) is 24.3 Å². The van der Waals surface area contributed by atoms with Crippen LogP contribution in [0.15, 0.2) is 36.4 Å². The monoisotopic (exact) mass is 309 g/mol. The molecule has 21 heavy (non-hydrogen) atoms. The van der Waals surface area contributed by atoms with Gasteiger partial charge in [0.2, 0.25) is 5.75 Å². The van der Waals surface area contributed by atoms with Crippen molar-refractivity contribution in [1.82, 2.24) is 0 Å². The van der Waals surface area contributed by atoms with Crippen LogP contribution in [0.3, 0.4) is 0 Å². The molecule has 2 N–H and O–H groups in total. The molecular weight excluding hydrogens is 302 g/mol. The molecule has 9 heteroatoms. The molecule has 0 saturated heterocycles. The quantitative estimate of drug-likeness (QED) is 0.523. The molecule has 0 amide bonds. The van der Waals surface area contributed by atoms with Crippen molar-refractivity contribution in [1.29, 1.82) is 0 Å². The van der Waals surface area contributed by atoms with Crippen molar-refractivity contribution >= 4 is 28.7 Å². The Morgan fingerprint density at radius 3 is 2.38 bits per heavy atom. The van der Waals surface area contributed by atoms with E-state index < -0.39 is 9.85 Å². The highest BCUT2D eigenvalue weighted by atomic mass is 35.5. The molecule has 0 heterocycles. The van der Waals surface area contributed by atoms with Gasteiger partial charge >= 0.3 is 5.69 Å². The molecule has 0 aromatic heterocycles. The SMILES string of the molecule is Nc1cc(Oc2cc(Cl)ccc2[N+](=O)[O-])cc([N+](=O)[O-])c1. The van der Waals surface area contributed by atoms with Gasteiger partial charge in [0.1, 0.15) is 5.75 Å². The lowest BCUT2D eigenvalue weighted by atomic mass is 10.2. The highest BCUT2D eigenvalue weighted by molar-refractivity contribution is 6.30. The average molecular weight is 310 g/mol. The van der Waals surface area contributed by atoms with Gasteiger partial charge in [0.05, 0.1) is 15.9 Å². The Bertz CT molecular complexity index is 735. The molecule has 2 rings (SSSR count). The van der Waals surface area contributed by atoms with Gasteiger partial charge in [-0.15, -0.1) is 0 Å². The van der Waals surface area contributed by atoms with Gasteiger partial charge in [0.25, 0.3) is 5.69 Å². The van der Waals surface area contributed by atoms with Gasteiger partial charge in [-0.3, -0.25) is 20.2 Å². The molecular formula is C12H8ClN3O5. The van der Waals surface area contributed by atoms with Crippen LogP contribution in [-0.2, 0) is 0 Å². The number of nitrogen functional groups attached to an aromatic ring is 1. The summed E-state index contributed by atoms with van der Waals surface area (Å²) in [5.74, 6) is -0.125. The highest BCUT2D eigenvalue weighted by Gasteiger charge is 2.18. The number of ether oxygens (including phenoxy) is 1. The van der Waals surface area contributed by atoms with Gasteiger partial charge in [-0.25, -0.2) is 0 Å². The number of rotatable bonds is 4. The first-order chi connectivity index (χ1) is 9.86. The Morgan fingerprint density at radius 2 is 1.76 bits per heavy atom. The summed E-state index contributed by atoms with van der Waals surface area (Å²) in [6.45, 7) is 0. The van der Waals surface area contributed by atoms with Crippen LogP contribution in [0, 0.1) is 20.2 Å². The zero-order valence-corrected chi connectivity index (χ0v) is 11.1. The van der Waals surface area contributed by atoms with Crippen LogP contribution in [0.2, 0.25) is 5.02 Å². The minimum atomic E-state index is -0.646. The van der Waals surface area contributed by atoms with Crippen molar-refractivity contribution in [2.75, 3.05) is 5.73 Å². The van der Waals surface area contributed by atoms with Crippen LogP contribution in [0.25, 0.3) is 0 Å². The average Bonchev–Trinajstić information content (AvgIpc) is 2.37. The van der Waals surface area contributed by atoms with Crippen LogP contribution in [0.1, 0.15) is 0 Å². The van der Waals surface area contributed by atoms with E-state index in [4.69, 9.17) is 22.1 Å². The maximum Gasteiger partial charge on any atom is 0.311 e. The summed E-state index contributed by atoms with van der Waals surface area (Å²) in [4.78, 5) is 20.4. The van der Waals surface area contributed by atoms with Crippen molar-refractivity contribution in [2.45, 2.75) is 0 Å². The number of hydrogen-bond donors (Lipinski definition) is 1. The summed E-state index contributed by atoms with van der Waals surface area (Å²) in [6.07, 6.45) is 0. The molecule has 0 fully saturated rings. The predicted octanol–water partition coefficient (Wildman–Crippen LogP) is 3.53. The summed E-state index contributed by atoms with van der Waals surface area (Å²) in [5.41, 5.74) is 5.04. The van der Waals surface area contributed by atoms with Gasteiger partial charge in [-0.1, -0.05) is 11.6 Å². The predicted molar refractivity (Wildman–Crippen MR) is 75.7 cm³/mol. The molecule has 0 bridgehead atoms. The Morgan fingerprint density at radius 1 is 1.05 bits per heavy atom. The molecule has 108 valence electrons. The smallest absolute Gasteiger partial charge is 0.311 e. The number of nitrogens with zero attached hydrogens (tertiary/aromatic N) is 2. The van der Waals surface area contributed by atoms with E-state index in [9.17, 15) is 20.2 Å². The number of hydrogen-bond acceptors (Lipinski definition) is 6. The maximum atomic E-state index is 10.9. The van der Waals surface area contributed by atoms with Crippen molar-refractivity contribution in [3.8, 4) is 11.5 Å². The number of halogens is 1. The van der Waals surface area contributed by atoms with E-state index in [0.717, 1.165) is 12.1 Å². The summed E-state index contributed by atoms with van der Waals surface area (Å²) >= 11 is 5.77. The van der Waals surface area contributed by atoms with Gasteiger partial charge in [-0.2, -0.15) is 0 Å². The van der Waals surface area contributed by atoms with Crippen molar-refractivity contribution in [3.05, 3.63) is 61.6 Å². The molecule has 0 radical (unpaired) electrons. The zero-order valence-electron chi connectivity index (χ0n) is 10.4. The van der Waals surface area contributed by atoms with Gasteiger partial charge < -0.3 is 10.5 Å². The van der Waals surface area contributed by atoms with E-state index in [0.29, 0.717) is 0 Å². The van der Waals surface area contributed by atoms with Crippen LogP contribution < -0.4 is 10.5 Å². The van der Waals surface area contributed by atoms with Gasteiger partial charge in [0, 0.05) is 35.0 Å². The summed E-state index contributed by atoms with van der Waals surface area (Å²) in [7, 11) is 0. The first-order valence-electron chi connectivity index (χ1n) is 5.53. The third-order valence-electron chi connectivity index (χ3n) is 2.47. The molecule has 2 aromatic carbocycles. The fraction of sp³-hybridized carbons (Fsp3) is 0. The van der Waals surface area contributed by atoms with E-state index in [1.807, 2.05) is 0 Å². The second-order valence-electron chi connectivity index (χ2n) is 3.99. The molecule has 0 aliphatic heterocycles. The highest BCUT2D eigenvalue weighted by Crippen LogP contribution is 2.35. The first-order valence-corrected chi connectivity index (χ1v) is 5.91. The molecule has 8 nitrogen and oxygen atoms in total. The maximum absolute atomic E-state index is 10.9. The number of anilines is 1. The fourth-order valence-corrected chi connectivity index (χ4v) is 1.78. The van der Waals surface area contributed by atoms with Crippen LogP contribution in [0.4, 0.5) is 17.1 Å². The van der Waals surface area contributed by atoms with Crippen LogP contribution in [-0.4, -0.2) is 9.85 Å². The number of nitrogens with two attached hydrogens (primary N) is 1. The number of nitro benzene ring substituents is 2. The van der Waals surface area contributed by atoms with Crippen LogP contribution >= 0.6 is 11.6 Å². The van der Waals surface area contributed by atoms with Gasteiger partial charge in [-0.05, 0) is 6.07 Å². The summed E-state index contributed by atoms with van der Waals surface area (Å²) in [5, 5.41) is 21.9. The Labute approximate surface area is 123 Å². The topological polar surface area (TPSA) is 122 Å². The number of nitro groups is 2. The second-order valence-corrected chi connectivity index (χ2v) is 4.43. The standard InChI is InChI=1S/C12H8ClN3O5/c13-7-1-2-11(16(19)20)12(3-7)21-10-5-8(14)4-9(6-10)15(17)18/h1-6H,14H2. The van der Waals surface area contributed by atoms with E-state index in [1.54, 1.807) is 0 Å². The summed E-state index contributed by atoms with van der Waals surface area (Å²) in [6, 6.07) is 7.35. The Balaban J connectivity index is 2.45. The summed E-state index contributed by atoms with van der Waals surface area (Å²) < 4.78 is 5.31. The number of non-ortho nitro benzene ring substituents is 1. The van der Waals surface area contributed by atoms with E-state index >= 15 is 0 Å². The first kappa shape index (κ1) is 14.5. The normalized spacial score (nSPS) is 10.1. The molecule has 0 saturated carbocycles. The minimum Gasteiger partial charge on any atom is -0.450 e. The largest absolute Gasteiger partial charge is 0.450 e. The second kappa shape index (κ2) is 5.63. The zero-order chi connectivity index (χ0) is 15.6. The molecule has 2 aromatic rings. The van der Waals surface area contributed by atoms with Crippen molar-refractivity contribution < 1.29 is 14.6 Å². The number of benzene rings is 2. The minimum absolute atomic E-state index is 0.00654. The molecule has 0 aliphatic carbocycles. The third-order valence-corrected chi connectivity index (χ3v) is 2.71. The Hall–Kier alpha value is -2.87. The van der Waals surface area contributed by atoms with Crippen molar-refractivity contribution in [3.63, 3.8) is 0 Å². The van der Waals surface area contributed by atoms with Crippen LogP contribution in [0.5, 0.6) is 11.5 Å². The van der Waals surface area contributed by atoms with Crippen molar-refractivity contribution in [2.24, 2.45) is 0 Å². The molecule has 0 aliphatic rings. The lowest BCUT2D eigenvalue weighted by Gasteiger charge is -2.07. The van der Waals surface area contributed by atoms with E-state index in [2.05, 4.69) is 0 Å². The fourth-order valence-electron chi connectivity index (χ4n) is 1.62. The lowest BCUT2D eigenvalue weighted by molar-refractivity contribution is -0.386. The molecule has 0 unspecified atom stereocenters. The molecule has 0 atom stereocenters. The Kier molecular flexibility index (Phi) is 3.90. The van der Waals surface area contributed by atoms with E-state index in [-0.39, 0.29) is 33.6 Å². The third kappa shape index (κ3) is 3.37. The molecule has 0 spiro atoms. The van der Waals surface area contributed by atoms with Gasteiger partial charge in [0.15, 0.2) is 0 Å².